The van der Waals surface area contributed by atoms with E-state index in [2.05, 4.69) is 10.3 Å². The molecule has 7 nitrogen and oxygen atoms in total. The highest BCUT2D eigenvalue weighted by atomic mass is 16.5. The molecule has 108 valence electrons. The Hall–Kier alpha value is -2.15. The lowest BCUT2D eigenvalue weighted by Gasteiger charge is -2.38. The van der Waals surface area contributed by atoms with Gasteiger partial charge < -0.3 is 20.1 Å². The second kappa shape index (κ2) is 5.46. The van der Waals surface area contributed by atoms with Crippen LogP contribution in [0.1, 0.15) is 24.3 Å². The van der Waals surface area contributed by atoms with Gasteiger partial charge in [-0.15, -0.1) is 0 Å². The topological polar surface area (TPSA) is 91.8 Å². The zero-order valence-electron chi connectivity index (χ0n) is 11.4. The first-order chi connectivity index (χ1) is 9.37. The highest BCUT2D eigenvalue weighted by molar-refractivity contribution is 5.90. The van der Waals surface area contributed by atoms with Crippen LogP contribution in [0.25, 0.3) is 0 Å². The monoisotopic (exact) mass is 279 g/mol. The van der Waals surface area contributed by atoms with Crippen LogP contribution in [0.2, 0.25) is 0 Å². The third-order valence-electron chi connectivity index (χ3n) is 2.95. The van der Waals surface area contributed by atoms with E-state index in [4.69, 9.17) is 9.84 Å². The van der Waals surface area contributed by atoms with Crippen molar-refractivity contribution in [3.63, 3.8) is 0 Å². The summed E-state index contributed by atoms with van der Waals surface area (Å²) in [4.78, 5) is 28.2. The lowest BCUT2D eigenvalue weighted by Crippen LogP contribution is -2.51. The van der Waals surface area contributed by atoms with E-state index in [1.807, 2.05) is 13.8 Å². The van der Waals surface area contributed by atoms with E-state index in [9.17, 15) is 9.59 Å². The van der Waals surface area contributed by atoms with Crippen molar-refractivity contribution in [1.29, 1.82) is 0 Å². The molecule has 1 aromatic rings. The molecule has 2 amide bonds. The molecular weight excluding hydrogens is 262 g/mol. The molecule has 2 heterocycles. The van der Waals surface area contributed by atoms with Crippen molar-refractivity contribution in [3.05, 3.63) is 24.0 Å². The summed E-state index contributed by atoms with van der Waals surface area (Å²) >= 11 is 0. The molecule has 0 saturated carbocycles. The van der Waals surface area contributed by atoms with Crippen molar-refractivity contribution in [2.24, 2.45) is 0 Å². The van der Waals surface area contributed by atoms with Crippen molar-refractivity contribution in [2.75, 3.05) is 25.0 Å². The number of aromatic carboxylic acids is 1. The van der Waals surface area contributed by atoms with Crippen molar-refractivity contribution in [1.82, 2.24) is 9.88 Å². The predicted octanol–water partition coefficient (Wildman–Crippen LogP) is 1.42. The minimum absolute atomic E-state index is 0.0597. The largest absolute Gasteiger partial charge is 0.477 e. The Morgan fingerprint density at radius 1 is 1.45 bits per heavy atom. The first kappa shape index (κ1) is 14.3. The van der Waals surface area contributed by atoms with E-state index in [1.165, 1.54) is 18.3 Å². The first-order valence-corrected chi connectivity index (χ1v) is 6.27. The summed E-state index contributed by atoms with van der Waals surface area (Å²) in [6.45, 7) is 5.37. The Labute approximate surface area is 116 Å². The maximum Gasteiger partial charge on any atom is 0.354 e. The van der Waals surface area contributed by atoms with Gasteiger partial charge in [0.1, 0.15) is 5.69 Å². The van der Waals surface area contributed by atoms with E-state index >= 15 is 0 Å². The maximum atomic E-state index is 12.1. The van der Waals surface area contributed by atoms with Gasteiger partial charge in [-0.1, -0.05) is 0 Å². The SMILES string of the molecule is CC1(C)CN(C(=O)Nc2ccc(C(=O)O)nc2)CCO1. The third kappa shape index (κ3) is 3.45. The second-order valence-corrected chi connectivity index (χ2v) is 5.20. The molecule has 2 N–H and O–H groups in total. The number of aromatic nitrogens is 1. The number of hydrogen-bond acceptors (Lipinski definition) is 4. The highest BCUT2D eigenvalue weighted by Crippen LogP contribution is 2.17. The summed E-state index contributed by atoms with van der Waals surface area (Å²) in [6.07, 6.45) is 1.33. The fraction of sp³-hybridized carbons (Fsp3) is 0.462. The number of rotatable bonds is 2. The van der Waals surface area contributed by atoms with Crippen molar-refractivity contribution in [2.45, 2.75) is 19.4 Å². The van der Waals surface area contributed by atoms with Gasteiger partial charge in [0.25, 0.3) is 0 Å². The molecule has 0 spiro atoms. The van der Waals surface area contributed by atoms with E-state index in [1.54, 1.807) is 4.90 Å². The number of hydrogen-bond donors (Lipinski definition) is 2. The summed E-state index contributed by atoms with van der Waals surface area (Å²) in [5.41, 5.74) is 0.0425. The van der Waals surface area contributed by atoms with Crippen LogP contribution in [0, 0.1) is 0 Å². The first-order valence-electron chi connectivity index (χ1n) is 6.27. The fourth-order valence-corrected chi connectivity index (χ4v) is 1.99. The van der Waals surface area contributed by atoms with Gasteiger partial charge in [0.2, 0.25) is 0 Å². The number of carboxylic acids is 1. The van der Waals surface area contributed by atoms with Gasteiger partial charge >= 0.3 is 12.0 Å². The number of ether oxygens (including phenoxy) is 1. The maximum absolute atomic E-state index is 12.1. The summed E-state index contributed by atoms with van der Waals surface area (Å²) in [5.74, 6) is -1.10. The molecule has 0 unspecified atom stereocenters. The smallest absolute Gasteiger partial charge is 0.354 e. The van der Waals surface area contributed by atoms with Crippen LogP contribution in [-0.4, -0.2) is 52.3 Å². The average molecular weight is 279 g/mol. The number of carboxylic acid groups (broad SMARTS) is 1. The molecule has 0 aromatic carbocycles. The molecule has 1 aromatic heterocycles. The number of nitrogens with one attached hydrogen (secondary N) is 1. The Kier molecular flexibility index (Phi) is 3.89. The molecule has 0 aliphatic carbocycles. The zero-order chi connectivity index (χ0) is 14.8. The second-order valence-electron chi connectivity index (χ2n) is 5.20. The number of urea groups is 1. The van der Waals surface area contributed by atoms with Crippen LogP contribution >= 0.6 is 0 Å². The average Bonchev–Trinajstić information content (AvgIpc) is 2.38. The number of anilines is 1. The Morgan fingerprint density at radius 3 is 2.75 bits per heavy atom. The standard InChI is InChI=1S/C13H17N3O4/c1-13(2)8-16(5-6-20-13)12(19)15-9-3-4-10(11(17)18)14-7-9/h3-4,7H,5-6,8H2,1-2H3,(H,15,19)(H,17,18). The molecule has 1 fully saturated rings. The van der Waals surface area contributed by atoms with Crippen LogP contribution in [-0.2, 0) is 4.74 Å². The van der Waals surface area contributed by atoms with Gasteiger partial charge in [0.15, 0.2) is 0 Å². The van der Waals surface area contributed by atoms with Gasteiger partial charge in [-0.2, -0.15) is 0 Å². The van der Waals surface area contributed by atoms with E-state index in [0.29, 0.717) is 25.4 Å². The number of pyridine rings is 1. The summed E-state index contributed by atoms with van der Waals surface area (Å²) in [6, 6.07) is 2.62. The molecule has 0 atom stereocenters. The fourth-order valence-electron chi connectivity index (χ4n) is 1.99. The van der Waals surface area contributed by atoms with Crippen molar-refractivity contribution < 1.29 is 19.4 Å². The molecule has 2 rings (SSSR count). The lowest BCUT2D eigenvalue weighted by atomic mass is 10.1. The Morgan fingerprint density at radius 2 is 2.20 bits per heavy atom. The van der Waals surface area contributed by atoms with Crippen LogP contribution in [0.5, 0.6) is 0 Å². The van der Waals surface area contributed by atoms with Crippen LogP contribution < -0.4 is 5.32 Å². The van der Waals surface area contributed by atoms with E-state index < -0.39 is 5.97 Å². The Bertz CT molecular complexity index is 513. The van der Waals surface area contributed by atoms with Crippen molar-refractivity contribution >= 4 is 17.7 Å². The van der Waals surface area contributed by atoms with Crippen LogP contribution in [0.3, 0.4) is 0 Å². The molecule has 20 heavy (non-hydrogen) atoms. The summed E-state index contributed by atoms with van der Waals surface area (Å²) in [7, 11) is 0. The van der Waals surface area contributed by atoms with Gasteiger partial charge in [-0.05, 0) is 26.0 Å². The van der Waals surface area contributed by atoms with Crippen molar-refractivity contribution in [3.8, 4) is 0 Å². The predicted molar refractivity (Wildman–Crippen MR) is 71.8 cm³/mol. The number of carbonyl (C=O) groups excluding carboxylic acids is 1. The highest BCUT2D eigenvalue weighted by Gasteiger charge is 2.29. The molecule has 1 aliphatic rings. The lowest BCUT2D eigenvalue weighted by molar-refractivity contribution is -0.0720. The molecule has 1 aliphatic heterocycles. The van der Waals surface area contributed by atoms with Gasteiger partial charge in [-0.3, -0.25) is 0 Å². The minimum Gasteiger partial charge on any atom is -0.477 e. The number of amides is 2. The summed E-state index contributed by atoms with van der Waals surface area (Å²) in [5, 5.41) is 11.4. The zero-order valence-corrected chi connectivity index (χ0v) is 11.4. The molecule has 0 bridgehead atoms. The minimum atomic E-state index is -1.10. The molecule has 0 radical (unpaired) electrons. The third-order valence-corrected chi connectivity index (χ3v) is 2.95. The van der Waals surface area contributed by atoms with Crippen LogP contribution in [0.15, 0.2) is 18.3 Å². The Balaban J connectivity index is 1.99. The molecule has 7 heteroatoms. The van der Waals surface area contributed by atoms with E-state index in [0.717, 1.165) is 0 Å². The number of nitrogens with zero attached hydrogens (tertiary/aromatic N) is 2. The number of morpholine rings is 1. The molecule has 1 saturated heterocycles. The van der Waals surface area contributed by atoms with Gasteiger partial charge in [0, 0.05) is 6.54 Å². The van der Waals surface area contributed by atoms with Crippen LogP contribution in [0.4, 0.5) is 10.5 Å². The number of carbonyl (C=O) groups is 2. The van der Waals surface area contributed by atoms with Gasteiger partial charge in [-0.25, -0.2) is 14.6 Å². The van der Waals surface area contributed by atoms with E-state index in [-0.39, 0.29) is 17.3 Å². The van der Waals surface area contributed by atoms with Gasteiger partial charge in [0.05, 0.1) is 30.6 Å². The summed E-state index contributed by atoms with van der Waals surface area (Å²) < 4.78 is 5.54. The quantitative estimate of drug-likeness (QED) is 0.854. The molecular formula is C13H17N3O4. The normalized spacial score (nSPS) is 17.6.